The van der Waals surface area contributed by atoms with Crippen LogP contribution in [0.2, 0.25) is 0 Å². The normalized spacial score (nSPS) is 27.6. The van der Waals surface area contributed by atoms with E-state index in [-0.39, 0.29) is 77.1 Å². The first kappa shape index (κ1) is 53.7. The van der Waals surface area contributed by atoms with Crippen LogP contribution in [0, 0.1) is 29.1 Å². The van der Waals surface area contributed by atoms with Gasteiger partial charge in [-0.05, 0) is 123 Å². The molecule has 7 aliphatic rings. The van der Waals surface area contributed by atoms with Crippen molar-refractivity contribution in [2.45, 2.75) is 198 Å². The fraction of sp³-hybridized carbons (Fsp3) is 0.661. The molecule has 2 aromatic rings. The third kappa shape index (κ3) is 11.4. The summed E-state index contributed by atoms with van der Waals surface area (Å²) in [6, 6.07) is 0.603. The lowest BCUT2D eigenvalue weighted by Crippen LogP contribution is -2.62. The molecule has 0 bridgehead atoms. The Morgan fingerprint density at radius 1 is 0.827 bits per heavy atom. The van der Waals surface area contributed by atoms with Crippen molar-refractivity contribution >= 4 is 53.2 Å². The molecule has 4 heterocycles. The second-order valence-electron chi connectivity index (χ2n) is 23.8. The highest BCUT2D eigenvalue weighted by Gasteiger charge is 2.53. The number of carbonyl (C=O) groups is 9. The van der Waals surface area contributed by atoms with Gasteiger partial charge in [0.15, 0.2) is 6.10 Å². The zero-order chi connectivity index (χ0) is 53.5. The van der Waals surface area contributed by atoms with Gasteiger partial charge in [-0.3, -0.25) is 58.4 Å². The number of likely N-dealkylation sites (tertiary alicyclic amines) is 1. The zero-order valence-electron chi connectivity index (χ0n) is 44.0. The van der Waals surface area contributed by atoms with E-state index in [9.17, 15) is 48.3 Å². The maximum atomic E-state index is 15.0. The summed E-state index contributed by atoms with van der Waals surface area (Å²) >= 11 is 0. The molecule has 1 aromatic carbocycles. The fourth-order valence-corrected chi connectivity index (χ4v) is 13.1. The van der Waals surface area contributed by atoms with Gasteiger partial charge in [0.05, 0.1) is 29.1 Å². The molecule has 19 heteroatoms. The van der Waals surface area contributed by atoms with Crippen LogP contribution in [0.1, 0.15) is 198 Å². The van der Waals surface area contributed by atoms with Crippen LogP contribution in [0.15, 0.2) is 30.6 Å². The zero-order valence-corrected chi connectivity index (χ0v) is 44.0. The molecule has 3 aliphatic heterocycles. The third-order valence-corrected chi connectivity index (χ3v) is 17.4. The highest BCUT2D eigenvalue weighted by Crippen LogP contribution is 2.46. The Bertz CT molecular complexity index is 2570. The number of aliphatic hydroxyl groups excluding tert-OH is 1. The number of imide groups is 2. The largest absolute Gasteiger partial charge is 0.381 e. The molecular weight excluding hydrogens is 959 g/mol. The van der Waals surface area contributed by atoms with Crippen molar-refractivity contribution in [2.75, 3.05) is 6.54 Å². The molecule has 404 valence electrons. The molecule has 0 spiro atoms. The quantitative estimate of drug-likeness (QED) is 0.128. The van der Waals surface area contributed by atoms with Gasteiger partial charge in [0.2, 0.25) is 29.5 Å². The summed E-state index contributed by atoms with van der Waals surface area (Å²) in [6.07, 6.45) is 13.5. The number of hydrogen-bond donors (Lipinski definition) is 6. The molecule has 4 unspecified atom stereocenters. The van der Waals surface area contributed by atoms with Crippen LogP contribution < -0.4 is 26.6 Å². The Kier molecular flexibility index (Phi) is 15.9. The Balaban J connectivity index is 0.850. The number of nitrogens with zero attached hydrogens (tertiary/aromatic N) is 4. The van der Waals surface area contributed by atoms with E-state index >= 15 is 0 Å². The summed E-state index contributed by atoms with van der Waals surface area (Å²) in [5.74, 6) is -4.45. The number of piperidine rings is 1. The Labute approximate surface area is 438 Å². The van der Waals surface area contributed by atoms with Crippen molar-refractivity contribution in [1.82, 2.24) is 46.4 Å². The number of aliphatic hydroxyl groups is 1. The van der Waals surface area contributed by atoms with Gasteiger partial charge >= 0.3 is 0 Å². The molecule has 6 fully saturated rings. The predicted octanol–water partition coefficient (Wildman–Crippen LogP) is 4.33. The number of fused-ring (bicyclic) bond motifs is 2. The summed E-state index contributed by atoms with van der Waals surface area (Å²) in [7, 11) is 0. The van der Waals surface area contributed by atoms with Gasteiger partial charge < -0.3 is 31.3 Å². The van der Waals surface area contributed by atoms with E-state index in [1.54, 1.807) is 23.2 Å². The second kappa shape index (κ2) is 22.2. The van der Waals surface area contributed by atoms with Crippen molar-refractivity contribution < 1.29 is 48.3 Å². The smallest absolute Gasteiger partial charge is 0.272 e. The molecule has 0 radical (unpaired) electrons. The molecule has 9 amide bonds. The van der Waals surface area contributed by atoms with Gasteiger partial charge in [0.1, 0.15) is 29.9 Å². The van der Waals surface area contributed by atoms with Crippen molar-refractivity contribution in [1.29, 1.82) is 0 Å². The maximum Gasteiger partial charge on any atom is 0.272 e. The second-order valence-corrected chi connectivity index (χ2v) is 23.8. The van der Waals surface area contributed by atoms with Gasteiger partial charge in [0.25, 0.3) is 23.6 Å². The first-order valence-electron chi connectivity index (χ1n) is 27.7. The molecule has 4 saturated carbocycles. The van der Waals surface area contributed by atoms with E-state index in [1.807, 2.05) is 33.8 Å². The molecule has 9 rings (SSSR count). The summed E-state index contributed by atoms with van der Waals surface area (Å²) in [4.78, 5) is 134. The van der Waals surface area contributed by atoms with Gasteiger partial charge in [-0.1, -0.05) is 72.8 Å². The van der Waals surface area contributed by atoms with E-state index in [2.05, 4.69) is 38.5 Å². The average molecular weight is 1030 g/mol. The molecule has 6 N–H and O–H groups in total. The van der Waals surface area contributed by atoms with E-state index in [0.29, 0.717) is 32.2 Å². The lowest BCUT2D eigenvalue weighted by molar-refractivity contribution is -0.146. The molecule has 11 atom stereocenters. The molecule has 2 saturated heterocycles. The molecule has 19 nitrogen and oxygen atoms in total. The summed E-state index contributed by atoms with van der Waals surface area (Å²) in [5, 5.41) is 25.2. The van der Waals surface area contributed by atoms with Crippen molar-refractivity contribution in [3.8, 4) is 0 Å². The minimum absolute atomic E-state index is 0.0396. The van der Waals surface area contributed by atoms with Crippen LogP contribution in [0.4, 0.5) is 0 Å². The molecular formula is C56H75N9O10. The number of rotatable bonds is 16. The monoisotopic (exact) mass is 1030 g/mol. The van der Waals surface area contributed by atoms with Crippen LogP contribution in [0.25, 0.3) is 0 Å². The van der Waals surface area contributed by atoms with Crippen LogP contribution in [-0.4, -0.2) is 127 Å². The number of aromatic nitrogens is 2. The standard InChI is InChI=1S/C56H75N9O10/c1-6-11-39(46(67)52(72)59-34-18-19-34)60-51(71)45-36-15-10-14-33(36)28-64(45)55(75)47(56(3,4)5)63-50(70)44(30-12-8-7-9-13-30)62-48(68)41-27-57-40(26-58-41)32-17-20-35(29(2)24-32)31-16-21-37-38(25-31)54(74)65(53(37)73)42-22-23-43(66)61-49(42)69/h16,21,25-27,29-30,32-36,39,42,44-47,67H,6-15,17-20,22-24,28H2,1-5H3,(H,59,72)(H,60,71)(H,62,68)(H,63,70)(H,61,66,69)/t29?,32-,33-,35?,36-,39-,42?,44-,45-,46?,47+/m0/s1. The topological polar surface area (TPSA) is 266 Å². The van der Waals surface area contributed by atoms with Crippen LogP contribution >= 0.6 is 0 Å². The highest BCUT2D eigenvalue weighted by molar-refractivity contribution is 6.23. The minimum atomic E-state index is -1.44. The van der Waals surface area contributed by atoms with Crippen molar-refractivity contribution in [3.63, 3.8) is 0 Å². The first-order valence-corrected chi connectivity index (χ1v) is 27.7. The number of nitrogens with one attached hydrogen (secondary N) is 5. The first-order chi connectivity index (χ1) is 35.8. The van der Waals surface area contributed by atoms with Gasteiger partial charge in [-0.15, -0.1) is 0 Å². The number of amides is 9. The number of carbonyl (C=O) groups excluding carboxylic acids is 9. The van der Waals surface area contributed by atoms with Crippen LogP contribution in [0.3, 0.4) is 0 Å². The van der Waals surface area contributed by atoms with Crippen molar-refractivity contribution in [3.05, 3.63) is 58.7 Å². The lowest BCUT2D eigenvalue weighted by Gasteiger charge is -2.38. The summed E-state index contributed by atoms with van der Waals surface area (Å²) < 4.78 is 0. The SMILES string of the molecule is CCC[C@H](NC(=O)[C@@H]1[C@H]2CCC[C@H]2CN1C(=O)[C@@H](NC(=O)[C@@H](NC(=O)c1cnc([C@H]2CCC(c3ccc4c(c3)C(=O)N(C3CCC(=O)NC3=O)C4=O)C(C)C2)cn1)C1CCCCC1)C(C)(C)C)C(O)C(=O)NC1CC1. The number of benzene rings is 1. The van der Waals surface area contributed by atoms with Gasteiger partial charge in [0, 0.05) is 31.1 Å². The fourth-order valence-electron chi connectivity index (χ4n) is 13.1. The Morgan fingerprint density at radius 2 is 1.57 bits per heavy atom. The molecule has 1 aromatic heterocycles. The summed E-state index contributed by atoms with van der Waals surface area (Å²) in [5.41, 5.74) is 1.41. The number of hydrogen-bond acceptors (Lipinski definition) is 12. The molecule has 4 aliphatic carbocycles. The Hall–Kier alpha value is -6.11. The van der Waals surface area contributed by atoms with E-state index < -0.39 is 89.0 Å². The van der Waals surface area contributed by atoms with Crippen molar-refractivity contribution in [2.24, 2.45) is 29.1 Å². The predicted molar refractivity (Wildman–Crippen MR) is 273 cm³/mol. The summed E-state index contributed by atoms with van der Waals surface area (Å²) in [6.45, 7) is 10.00. The Morgan fingerprint density at radius 3 is 2.24 bits per heavy atom. The van der Waals surface area contributed by atoms with Crippen LogP contribution in [-0.2, 0) is 28.8 Å². The minimum Gasteiger partial charge on any atom is -0.381 e. The van der Waals surface area contributed by atoms with Gasteiger partial charge in [-0.25, -0.2) is 4.98 Å². The lowest BCUT2D eigenvalue weighted by atomic mass is 9.71. The van der Waals surface area contributed by atoms with E-state index in [0.717, 1.165) is 86.8 Å². The van der Waals surface area contributed by atoms with Crippen LogP contribution in [0.5, 0.6) is 0 Å². The van der Waals surface area contributed by atoms with E-state index in [1.165, 1.54) is 6.20 Å². The average Bonchev–Trinajstić information content (AvgIpc) is 3.87. The van der Waals surface area contributed by atoms with E-state index in [4.69, 9.17) is 4.98 Å². The van der Waals surface area contributed by atoms with Gasteiger partial charge in [-0.2, -0.15) is 0 Å². The molecule has 75 heavy (non-hydrogen) atoms. The maximum absolute atomic E-state index is 15.0. The third-order valence-electron chi connectivity index (χ3n) is 17.4. The highest BCUT2D eigenvalue weighted by atomic mass is 16.3.